The van der Waals surface area contributed by atoms with Crippen molar-refractivity contribution in [2.24, 2.45) is 0 Å². The molecule has 1 aliphatic carbocycles. The van der Waals surface area contributed by atoms with E-state index in [4.69, 9.17) is 14.6 Å². The fourth-order valence-electron chi connectivity index (χ4n) is 3.71. The lowest BCUT2D eigenvalue weighted by molar-refractivity contribution is -0.139. The van der Waals surface area contributed by atoms with E-state index in [2.05, 4.69) is 6.07 Å². The third-order valence-corrected chi connectivity index (χ3v) is 5.17. The molecule has 0 aromatic heterocycles. The van der Waals surface area contributed by atoms with E-state index in [9.17, 15) is 9.59 Å². The van der Waals surface area contributed by atoms with E-state index in [-0.39, 0.29) is 11.3 Å². The first-order valence-corrected chi connectivity index (χ1v) is 9.07. The predicted octanol–water partition coefficient (Wildman–Crippen LogP) is 3.24. The zero-order chi connectivity index (χ0) is 19.0. The summed E-state index contributed by atoms with van der Waals surface area (Å²) in [6.45, 7) is 2.45. The molecule has 2 aromatic carbocycles. The van der Waals surface area contributed by atoms with E-state index in [0.29, 0.717) is 30.2 Å². The number of nitrogens with zero attached hydrogens (tertiary/aromatic N) is 1. The summed E-state index contributed by atoms with van der Waals surface area (Å²) in [4.78, 5) is 25.8. The zero-order valence-corrected chi connectivity index (χ0v) is 15.1. The van der Waals surface area contributed by atoms with Crippen molar-refractivity contribution in [1.29, 1.82) is 0 Å². The van der Waals surface area contributed by atoms with Crippen molar-refractivity contribution in [3.05, 3.63) is 53.6 Å². The van der Waals surface area contributed by atoms with Crippen LogP contribution in [0.4, 0.5) is 5.69 Å². The summed E-state index contributed by atoms with van der Waals surface area (Å²) in [5.74, 6) is -0.465. The van der Waals surface area contributed by atoms with Crippen LogP contribution in [0.5, 0.6) is 11.5 Å². The molecule has 4 rings (SSSR count). The highest BCUT2D eigenvalue weighted by atomic mass is 16.5. The van der Waals surface area contributed by atoms with Gasteiger partial charge in [0.25, 0.3) is 5.91 Å². The number of carboxylic acid groups (broad SMARTS) is 1. The molecular formula is C21H21NO5. The molecule has 1 spiro atoms. The van der Waals surface area contributed by atoms with Gasteiger partial charge in [0.05, 0.1) is 6.61 Å². The predicted molar refractivity (Wildman–Crippen MR) is 99.8 cm³/mol. The molecular weight excluding hydrogens is 346 g/mol. The Kier molecular flexibility index (Phi) is 4.26. The molecule has 0 radical (unpaired) electrons. The average molecular weight is 367 g/mol. The molecule has 0 atom stereocenters. The van der Waals surface area contributed by atoms with Gasteiger partial charge in [-0.2, -0.15) is 0 Å². The van der Waals surface area contributed by atoms with Crippen LogP contribution < -0.4 is 14.4 Å². The van der Waals surface area contributed by atoms with Gasteiger partial charge in [0, 0.05) is 23.2 Å². The quantitative estimate of drug-likeness (QED) is 0.848. The van der Waals surface area contributed by atoms with E-state index in [1.807, 2.05) is 30.0 Å². The molecule has 1 aliphatic heterocycles. The SMILES string of the molecule is CCOc1cc(C(=O)N2CC3(CC3)c3ccccc32)ccc1OCC(=O)O. The summed E-state index contributed by atoms with van der Waals surface area (Å²) < 4.78 is 10.8. The summed E-state index contributed by atoms with van der Waals surface area (Å²) in [7, 11) is 0. The number of para-hydroxylation sites is 1. The number of ether oxygens (including phenoxy) is 2. The number of benzene rings is 2. The van der Waals surface area contributed by atoms with Crippen molar-refractivity contribution >= 4 is 17.6 Å². The van der Waals surface area contributed by atoms with E-state index in [0.717, 1.165) is 18.5 Å². The Morgan fingerprint density at radius 1 is 1.11 bits per heavy atom. The van der Waals surface area contributed by atoms with Crippen molar-refractivity contribution in [2.45, 2.75) is 25.2 Å². The van der Waals surface area contributed by atoms with Gasteiger partial charge in [-0.25, -0.2) is 4.79 Å². The maximum absolute atomic E-state index is 13.2. The molecule has 2 aromatic rings. The number of hydrogen-bond acceptors (Lipinski definition) is 4. The summed E-state index contributed by atoms with van der Waals surface area (Å²) in [5, 5.41) is 8.80. The monoisotopic (exact) mass is 367 g/mol. The van der Waals surface area contributed by atoms with E-state index in [1.165, 1.54) is 5.56 Å². The van der Waals surface area contributed by atoms with Crippen LogP contribution in [0.3, 0.4) is 0 Å². The lowest BCUT2D eigenvalue weighted by Crippen LogP contribution is -2.31. The third-order valence-electron chi connectivity index (χ3n) is 5.17. The van der Waals surface area contributed by atoms with Gasteiger partial charge >= 0.3 is 5.97 Å². The number of carboxylic acids is 1. The lowest BCUT2D eigenvalue weighted by atomic mass is 9.99. The molecule has 1 saturated carbocycles. The third kappa shape index (κ3) is 3.12. The van der Waals surface area contributed by atoms with E-state index in [1.54, 1.807) is 18.2 Å². The number of anilines is 1. The molecule has 0 unspecified atom stereocenters. The number of carbonyl (C=O) groups excluding carboxylic acids is 1. The second-order valence-electron chi connectivity index (χ2n) is 6.97. The van der Waals surface area contributed by atoms with Gasteiger partial charge < -0.3 is 19.5 Å². The van der Waals surface area contributed by atoms with E-state index >= 15 is 0 Å². The molecule has 1 N–H and O–H groups in total. The second-order valence-corrected chi connectivity index (χ2v) is 6.97. The highest BCUT2D eigenvalue weighted by molar-refractivity contribution is 6.08. The Morgan fingerprint density at radius 2 is 1.89 bits per heavy atom. The number of carbonyl (C=O) groups is 2. The van der Waals surface area contributed by atoms with Crippen molar-refractivity contribution < 1.29 is 24.2 Å². The van der Waals surface area contributed by atoms with Gasteiger partial charge in [-0.05, 0) is 49.6 Å². The molecule has 6 nitrogen and oxygen atoms in total. The molecule has 0 saturated heterocycles. The van der Waals surface area contributed by atoms with Crippen LogP contribution in [0.2, 0.25) is 0 Å². The van der Waals surface area contributed by atoms with Gasteiger partial charge in [-0.15, -0.1) is 0 Å². The number of aliphatic carboxylic acids is 1. The molecule has 27 heavy (non-hydrogen) atoms. The second kappa shape index (κ2) is 6.61. The highest BCUT2D eigenvalue weighted by Gasteiger charge is 2.52. The number of hydrogen-bond donors (Lipinski definition) is 1. The summed E-state index contributed by atoms with van der Waals surface area (Å²) in [6, 6.07) is 13.0. The largest absolute Gasteiger partial charge is 0.490 e. The molecule has 1 amide bonds. The number of amides is 1. The Hall–Kier alpha value is -3.02. The maximum atomic E-state index is 13.2. The van der Waals surface area contributed by atoms with Crippen LogP contribution in [-0.4, -0.2) is 36.7 Å². The Morgan fingerprint density at radius 3 is 2.59 bits per heavy atom. The Balaban J connectivity index is 1.62. The smallest absolute Gasteiger partial charge is 0.341 e. The average Bonchev–Trinajstić information content (AvgIpc) is 3.37. The Labute approximate surface area is 157 Å². The van der Waals surface area contributed by atoms with Crippen molar-refractivity contribution in [3.63, 3.8) is 0 Å². The zero-order valence-electron chi connectivity index (χ0n) is 15.1. The fraction of sp³-hybridized carbons (Fsp3) is 0.333. The van der Waals surface area contributed by atoms with Crippen LogP contribution >= 0.6 is 0 Å². The minimum atomic E-state index is -1.07. The van der Waals surface area contributed by atoms with Gasteiger partial charge in [-0.3, -0.25) is 4.79 Å². The van der Waals surface area contributed by atoms with Crippen LogP contribution in [0.15, 0.2) is 42.5 Å². The standard InChI is InChI=1S/C21H21NO5/c1-2-26-18-11-14(7-8-17(18)27-12-19(23)24)20(25)22-13-21(9-10-21)15-5-3-4-6-16(15)22/h3-8,11H,2,9-10,12-13H2,1H3,(H,23,24). The summed E-state index contributed by atoms with van der Waals surface area (Å²) >= 11 is 0. The van der Waals surface area contributed by atoms with Crippen LogP contribution in [-0.2, 0) is 10.2 Å². The van der Waals surface area contributed by atoms with Gasteiger partial charge in [-0.1, -0.05) is 18.2 Å². The Bertz CT molecular complexity index is 903. The minimum absolute atomic E-state index is 0.0861. The number of fused-ring (bicyclic) bond motifs is 2. The number of rotatable bonds is 6. The summed E-state index contributed by atoms with van der Waals surface area (Å²) in [6.07, 6.45) is 2.22. The first kappa shape index (κ1) is 17.4. The fourth-order valence-corrected chi connectivity index (χ4v) is 3.71. The topological polar surface area (TPSA) is 76.1 Å². The molecule has 1 heterocycles. The van der Waals surface area contributed by atoms with Crippen LogP contribution in [0, 0.1) is 0 Å². The van der Waals surface area contributed by atoms with Gasteiger partial charge in [0.15, 0.2) is 18.1 Å². The molecule has 2 aliphatic rings. The minimum Gasteiger partial charge on any atom is -0.490 e. The van der Waals surface area contributed by atoms with E-state index < -0.39 is 12.6 Å². The van der Waals surface area contributed by atoms with Gasteiger partial charge in [0.1, 0.15) is 0 Å². The molecule has 1 fully saturated rings. The first-order chi connectivity index (χ1) is 13.0. The lowest BCUT2D eigenvalue weighted by Gasteiger charge is -2.19. The van der Waals surface area contributed by atoms with Crippen molar-refractivity contribution in [3.8, 4) is 11.5 Å². The van der Waals surface area contributed by atoms with Crippen molar-refractivity contribution in [1.82, 2.24) is 0 Å². The first-order valence-electron chi connectivity index (χ1n) is 9.07. The van der Waals surface area contributed by atoms with Gasteiger partial charge in [0.2, 0.25) is 0 Å². The molecule has 140 valence electrons. The van der Waals surface area contributed by atoms with Crippen LogP contribution in [0.25, 0.3) is 0 Å². The van der Waals surface area contributed by atoms with Crippen molar-refractivity contribution in [2.75, 3.05) is 24.7 Å². The maximum Gasteiger partial charge on any atom is 0.341 e. The molecule has 0 bridgehead atoms. The van der Waals surface area contributed by atoms with Crippen LogP contribution in [0.1, 0.15) is 35.7 Å². The highest BCUT2D eigenvalue weighted by Crippen LogP contribution is 2.56. The molecule has 6 heteroatoms. The summed E-state index contributed by atoms with van der Waals surface area (Å²) in [5.41, 5.74) is 2.85. The normalized spacial score (nSPS) is 16.1.